The molecule has 6 heteroatoms. The highest BCUT2D eigenvalue weighted by Gasteiger charge is 2.31. The number of hydrogen-bond donors (Lipinski definition) is 0. The van der Waals surface area contributed by atoms with Crippen molar-refractivity contribution in [2.45, 2.75) is 45.2 Å². The van der Waals surface area contributed by atoms with Crippen molar-refractivity contribution in [1.82, 2.24) is 24.9 Å². The van der Waals surface area contributed by atoms with E-state index in [4.69, 9.17) is 0 Å². The van der Waals surface area contributed by atoms with Crippen LogP contribution in [0.5, 0.6) is 0 Å². The molecule has 2 aromatic heterocycles. The van der Waals surface area contributed by atoms with Gasteiger partial charge in [-0.25, -0.2) is 0 Å². The van der Waals surface area contributed by atoms with Crippen LogP contribution >= 0.6 is 0 Å². The van der Waals surface area contributed by atoms with Crippen LogP contribution in [0.4, 0.5) is 5.82 Å². The van der Waals surface area contributed by atoms with E-state index in [1.54, 1.807) is 0 Å². The number of aromatic nitrogens is 4. The molecule has 0 N–H and O–H groups in total. The molecule has 3 heterocycles. The molecule has 24 heavy (non-hydrogen) atoms. The third-order valence-corrected chi connectivity index (χ3v) is 5.31. The molecule has 1 aliphatic carbocycles. The molecule has 0 saturated carbocycles. The molecule has 6 nitrogen and oxygen atoms in total. The van der Waals surface area contributed by atoms with Gasteiger partial charge in [0, 0.05) is 31.9 Å². The average Bonchev–Trinajstić information content (AvgIpc) is 2.97. The zero-order valence-corrected chi connectivity index (χ0v) is 14.6. The smallest absolute Gasteiger partial charge is 0.151 e. The summed E-state index contributed by atoms with van der Waals surface area (Å²) in [7, 11) is 2.21. The molecule has 0 bridgehead atoms. The number of likely N-dealkylation sites (N-methyl/N-ethyl adjacent to an activating group) is 1. The van der Waals surface area contributed by atoms with Crippen LogP contribution in [0.1, 0.15) is 29.7 Å². The molecular weight excluding hydrogens is 300 g/mol. The molecule has 4 rings (SSSR count). The van der Waals surface area contributed by atoms with Gasteiger partial charge in [-0.1, -0.05) is 0 Å². The van der Waals surface area contributed by atoms with Crippen molar-refractivity contribution in [2.24, 2.45) is 0 Å². The van der Waals surface area contributed by atoms with Crippen LogP contribution < -0.4 is 4.90 Å². The van der Waals surface area contributed by atoms with Crippen molar-refractivity contribution in [1.29, 1.82) is 0 Å². The van der Waals surface area contributed by atoms with Crippen molar-refractivity contribution >= 4 is 5.82 Å². The minimum Gasteiger partial charge on any atom is -0.352 e. The summed E-state index contributed by atoms with van der Waals surface area (Å²) in [5.74, 6) is 1.06. The quantitative estimate of drug-likeness (QED) is 0.837. The van der Waals surface area contributed by atoms with Crippen molar-refractivity contribution < 1.29 is 0 Å². The van der Waals surface area contributed by atoms with Crippen molar-refractivity contribution in [2.75, 3.05) is 31.6 Å². The molecule has 0 amide bonds. The fraction of sp³-hybridized carbons (Fsp3) is 0.611. The van der Waals surface area contributed by atoms with E-state index in [0.29, 0.717) is 6.04 Å². The van der Waals surface area contributed by atoms with Crippen molar-refractivity contribution in [3.63, 3.8) is 0 Å². The van der Waals surface area contributed by atoms with E-state index >= 15 is 0 Å². The van der Waals surface area contributed by atoms with Crippen LogP contribution in [-0.4, -0.2) is 57.6 Å². The molecule has 0 radical (unpaired) electrons. The van der Waals surface area contributed by atoms with Crippen LogP contribution in [0.25, 0.3) is 0 Å². The molecule has 1 saturated heterocycles. The molecule has 0 spiro atoms. The Morgan fingerprint density at radius 2 is 2.04 bits per heavy atom. The fourth-order valence-corrected chi connectivity index (χ4v) is 3.59. The lowest BCUT2D eigenvalue weighted by atomic mass is 9.96. The maximum atomic E-state index is 4.45. The Kier molecular flexibility index (Phi) is 4.22. The van der Waals surface area contributed by atoms with Gasteiger partial charge in [-0.2, -0.15) is 10.2 Å². The number of rotatable bonds is 5. The highest BCUT2D eigenvalue weighted by Crippen LogP contribution is 2.25. The SMILES string of the molecule is Cc1cnn(CCN(C)C2CN(c3cc4c(nn3)CCCC4)C2)c1. The Hall–Kier alpha value is -1.95. The lowest BCUT2D eigenvalue weighted by Gasteiger charge is -2.44. The zero-order chi connectivity index (χ0) is 16.5. The first kappa shape index (κ1) is 15.6. The Labute approximate surface area is 143 Å². The number of fused-ring (bicyclic) bond motifs is 1. The summed E-state index contributed by atoms with van der Waals surface area (Å²) in [6.45, 7) is 6.13. The summed E-state index contributed by atoms with van der Waals surface area (Å²) >= 11 is 0. The second-order valence-electron chi connectivity index (χ2n) is 7.20. The molecule has 1 aliphatic heterocycles. The van der Waals surface area contributed by atoms with Gasteiger partial charge < -0.3 is 4.90 Å². The second-order valence-corrected chi connectivity index (χ2v) is 7.20. The third kappa shape index (κ3) is 3.15. The maximum Gasteiger partial charge on any atom is 0.151 e. The van der Waals surface area contributed by atoms with Gasteiger partial charge in [0.1, 0.15) is 0 Å². The lowest BCUT2D eigenvalue weighted by molar-refractivity contribution is 0.195. The minimum absolute atomic E-state index is 0.597. The van der Waals surface area contributed by atoms with Gasteiger partial charge in [0.2, 0.25) is 0 Å². The van der Waals surface area contributed by atoms with Crippen molar-refractivity contribution in [3.05, 3.63) is 35.3 Å². The summed E-state index contributed by atoms with van der Waals surface area (Å²) in [4.78, 5) is 4.78. The monoisotopic (exact) mass is 326 g/mol. The lowest BCUT2D eigenvalue weighted by Crippen LogP contribution is -2.59. The number of aryl methyl sites for hydroxylation is 3. The minimum atomic E-state index is 0.597. The summed E-state index contributed by atoms with van der Waals surface area (Å²) in [5, 5.41) is 13.3. The first-order chi connectivity index (χ1) is 11.7. The van der Waals surface area contributed by atoms with Gasteiger partial charge >= 0.3 is 0 Å². The fourth-order valence-electron chi connectivity index (χ4n) is 3.59. The second kappa shape index (κ2) is 6.51. The van der Waals surface area contributed by atoms with Gasteiger partial charge in [0.25, 0.3) is 0 Å². The Bertz CT molecular complexity index is 703. The Balaban J connectivity index is 1.29. The van der Waals surface area contributed by atoms with E-state index in [1.165, 1.54) is 29.7 Å². The van der Waals surface area contributed by atoms with Crippen LogP contribution in [0.3, 0.4) is 0 Å². The van der Waals surface area contributed by atoms with E-state index in [-0.39, 0.29) is 0 Å². The standard InChI is InChI=1S/C18H26N6/c1-14-10-19-24(11-14)8-7-22(2)16-12-23(13-16)18-9-15-5-3-4-6-17(15)20-21-18/h9-11,16H,3-8,12-13H2,1-2H3. The summed E-state index contributed by atoms with van der Waals surface area (Å²) in [6.07, 6.45) is 8.83. The van der Waals surface area contributed by atoms with Gasteiger partial charge in [0.15, 0.2) is 5.82 Å². The predicted molar refractivity (Wildman–Crippen MR) is 94.3 cm³/mol. The maximum absolute atomic E-state index is 4.45. The average molecular weight is 326 g/mol. The van der Waals surface area contributed by atoms with Gasteiger partial charge in [0.05, 0.1) is 18.4 Å². The van der Waals surface area contributed by atoms with Crippen LogP contribution in [0.15, 0.2) is 18.5 Å². The number of nitrogens with zero attached hydrogens (tertiary/aromatic N) is 6. The third-order valence-electron chi connectivity index (χ3n) is 5.31. The molecule has 128 valence electrons. The molecular formula is C18H26N6. The number of hydrogen-bond acceptors (Lipinski definition) is 5. The number of anilines is 1. The van der Waals surface area contributed by atoms with E-state index in [2.05, 4.69) is 51.3 Å². The largest absolute Gasteiger partial charge is 0.352 e. The van der Waals surface area contributed by atoms with Gasteiger partial charge in [-0.3, -0.25) is 9.58 Å². The summed E-state index contributed by atoms with van der Waals surface area (Å²) < 4.78 is 2.03. The Morgan fingerprint density at radius 1 is 1.21 bits per heavy atom. The Morgan fingerprint density at radius 3 is 2.83 bits per heavy atom. The molecule has 0 atom stereocenters. The highest BCUT2D eigenvalue weighted by atomic mass is 15.4. The normalized spacial score (nSPS) is 17.9. The highest BCUT2D eigenvalue weighted by molar-refractivity contribution is 5.45. The van der Waals surface area contributed by atoms with E-state index in [9.17, 15) is 0 Å². The molecule has 1 fully saturated rings. The molecule has 0 unspecified atom stereocenters. The molecule has 2 aliphatic rings. The summed E-state index contributed by atoms with van der Waals surface area (Å²) in [6, 6.07) is 2.86. The topological polar surface area (TPSA) is 50.1 Å². The first-order valence-corrected chi connectivity index (χ1v) is 8.99. The predicted octanol–water partition coefficient (Wildman–Crippen LogP) is 1.68. The van der Waals surface area contributed by atoms with Crippen LogP contribution in [-0.2, 0) is 19.4 Å². The van der Waals surface area contributed by atoms with E-state index in [0.717, 1.165) is 44.8 Å². The first-order valence-electron chi connectivity index (χ1n) is 8.99. The van der Waals surface area contributed by atoms with Gasteiger partial charge in [-0.05, 0) is 56.8 Å². The van der Waals surface area contributed by atoms with E-state index < -0.39 is 0 Å². The van der Waals surface area contributed by atoms with Crippen molar-refractivity contribution in [3.8, 4) is 0 Å². The zero-order valence-electron chi connectivity index (χ0n) is 14.6. The summed E-state index contributed by atoms with van der Waals surface area (Å²) in [5.41, 5.74) is 3.85. The van der Waals surface area contributed by atoms with E-state index in [1.807, 2.05) is 10.9 Å². The van der Waals surface area contributed by atoms with Gasteiger partial charge in [-0.15, -0.1) is 5.10 Å². The van der Waals surface area contributed by atoms with Crippen LogP contribution in [0.2, 0.25) is 0 Å². The van der Waals surface area contributed by atoms with Crippen LogP contribution in [0, 0.1) is 6.92 Å². The molecule has 0 aromatic carbocycles. The molecule has 2 aromatic rings.